The third-order valence-corrected chi connectivity index (χ3v) is 1.68. The first-order valence-electron chi connectivity index (χ1n) is 4.24. The van der Waals surface area contributed by atoms with Gasteiger partial charge >= 0.3 is 0 Å². The first-order valence-corrected chi connectivity index (χ1v) is 4.24. The fraction of sp³-hybridized carbons (Fsp3) is 0.400. The fourth-order valence-electron chi connectivity index (χ4n) is 0.950. The van der Waals surface area contributed by atoms with Crippen LogP contribution in [-0.4, -0.2) is 12.6 Å². The van der Waals surface area contributed by atoms with Crippen LogP contribution in [-0.2, 0) is 0 Å². The van der Waals surface area contributed by atoms with Crippen LogP contribution in [0.3, 0.4) is 0 Å². The van der Waals surface area contributed by atoms with Gasteiger partial charge in [-0.15, -0.1) is 0 Å². The molecule has 0 aromatic heterocycles. The average molecular weight is 164 g/mol. The number of anilines is 1. The summed E-state index contributed by atoms with van der Waals surface area (Å²) in [5.74, 6) is 0. The Hall–Kier alpha value is -1.02. The largest absolute Gasteiger partial charge is 0.383 e. The van der Waals surface area contributed by atoms with Crippen LogP contribution in [0.2, 0.25) is 0 Å². The zero-order valence-electron chi connectivity index (χ0n) is 7.67. The number of aryl methyl sites for hydroxylation is 1. The lowest BCUT2D eigenvalue weighted by Crippen LogP contribution is -2.25. The average Bonchev–Trinajstić information content (AvgIpc) is 2.03. The molecule has 2 heteroatoms. The summed E-state index contributed by atoms with van der Waals surface area (Å²) >= 11 is 0. The van der Waals surface area contributed by atoms with Crippen LogP contribution < -0.4 is 11.1 Å². The van der Waals surface area contributed by atoms with E-state index in [2.05, 4.69) is 36.5 Å². The van der Waals surface area contributed by atoms with Crippen molar-refractivity contribution in [2.75, 3.05) is 11.9 Å². The van der Waals surface area contributed by atoms with Crippen LogP contribution in [0, 0.1) is 6.92 Å². The third-order valence-electron chi connectivity index (χ3n) is 1.68. The Kier molecular flexibility index (Phi) is 3.11. The molecular formula is C10H16N2. The molecule has 1 atom stereocenters. The van der Waals surface area contributed by atoms with Crippen molar-refractivity contribution in [1.29, 1.82) is 0 Å². The zero-order chi connectivity index (χ0) is 8.97. The fourth-order valence-corrected chi connectivity index (χ4v) is 0.950. The van der Waals surface area contributed by atoms with Crippen LogP contribution in [0.1, 0.15) is 12.5 Å². The maximum atomic E-state index is 5.61. The molecule has 2 nitrogen and oxygen atoms in total. The van der Waals surface area contributed by atoms with Crippen molar-refractivity contribution < 1.29 is 0 Å². The van der Waals surface area contributed by atoms with Gasteiger partial charge in [0.1, 0.15) is 0 Å². The molecule has 1 aromatic carbocycles. The van der Waals surface area contributed by atoms with Crippen molar-refractivity contribution >= 4 is 5.69 Å². The van der Waals surface area contributed by atoms with Gasteiger partial charge in [-0.2, -0.15) is 0 Å². The van der Waals surface area contributed by atoms with Crippen LogP contribution in [0.15, 0.2) is 24.3 Å². The first-order chi connectivity index (χ1) is 5.68. The Morgan fingerprint density at radius 3 is 2.42 bits per heavy atom. The lowest BCUT2D eigenvalue weighted by atomic mass is 10.2. The van der Waals surface area contributed by atoms with Crippen molar-refractivity contribution in [1.82, 2.24) is 0 Å². The summed E-state index contributed by atoms with van der Waals surface area (Å²) < 4.78 is 0. The summed E-state index contributed by atoms with van der Waals surface area (Å²) in [7, 11) is 0. The second-order valence-electron chi connectivity index (χ2n) is 3.22. The molecule has 1 aromatic rings. The van der Waals surface area contributed by atoms with E-state index in [1.807, 2.05) is 6.92 Å². The van der Waals surface area contributed by atoms with Gasteiger partial charge in [0.2, 0.25) is 0 Å². The van der Waals surface area contributed by atoms with E-state index in [1.165, 1.54) is 5.56 Å². The zero-order valence-corrected chi connectivity index (χ0v) is 7.67. The predicted molar refractivity (Wildman–Crippen MR) is 53.3 cm³/mol. The summed E-state index contributed by atoms with van der Waals surface area (Å²) in [5, 5.41) is 3.25. The van der Waals surface area contributed by atoms with Crippen LogP contribution in [0.5, 0.6) is 0 Å². The number of nitrogens with one attached hydrogen (secondary N) is 1. The number of nitrogens with two attached hydrogens (primary N) is 1. The lowest BCUT2D eigenvalue weighted by molar-refractivity contribution is 0.780. The van der Waals surface area contributed by atoms with E-state index in [4.69, 9.17) is 5.73 Å². The standard InChI is InChI=1S/C10H16N2/c1-8-3-5-10(6-4-8)12-7-9(2)11/h3-6,9,12H,7,11H2,1-2H3/t9-/m0/s1. The summed E-state index contributed by atoms with van der Waals surface area (Å²) in [5.41, 5.74) is 8.02. The molecule has 0 aliphatic heterocycles. The monoisotopic (exact) mass is 164 g/mol. The minimum absolute atomic E-state index is 0.200. The highest BCUT2D eigenvalue weighted by Gasteiger charge is 1.93. The van der Waals surface area contributed by atoms with Gasteiger partial charge in [0, 0.05) is 18.3 Å². The van der Waals surface area contributed by atoms with Gasteiger partial charge in [-0.05, 0) is 26.0 Å². The molecule has 0 amide bonds. The molecular weight excluding hydrogens is 148 g/mol. The van der Waals surface area contributed by atoms with Crippen LogP contribution >= 0.6 is 0 Å². The number of rotatable bonds is 3. The highest BCUT2D eigenvalue weighted by Crippen LogP contribution is 2.07. The second-order valence-corrected chi connectivity index (χ2v) is 3.22. The summed E-state index contributed by atoms with van der Waals surface area (Å²) in [6.07, 6.45) is 0. The molecule has 12 heavy (non-hydrogen) atoms. The van der Waals surface area contributed by atoms with Gasteiger partial charge in [-0.3, -0.25) is 0 Å². The SMILES string of the molecule is Cc1ccc(NC[C@H](C)N)cc1. The first kappa shape index (κ1) is 9.07. The van der Waals surface area contributed by atoms with E-state index in [0.29, 0.717) is 0 Å². The molecule has 0 saturated carbocycles. The maximum absolute atomic E-state index is 5.61. The Morgan fingerprint density at radius 2 is 1.92 bits per heavy atom. The number of hydrogen-bond acceptors (Lipinski definition) is 2. The molecule has 0 unspecified atom stereocenters. The van der Waals surface area contributed by atoms with E-state index >= 15 is 0 Å². The van der Waals surface area contributed by atoms with Gasteiger partial charge in [0.15, 0.2) is 0 Å². The molecule has 66 valence electrons. The molecule has 0 aliphatic rings. The molecule has 0 bridgehead atoms. The smallest absolute Gasteiger partial charge is 0.0340 e. The predicted octanol–water partition coefficient (Wildman–Crippen LogP) is 1.75. The summed E-state index contributed by atoms with van der Waals surface area (Å²) in [6, 6.07) is 8.51. The minimum Gasteiger partial charge on any atom is -0.383 e. The number of benzene rings is 1. The van der Waals surface area contributed by atoms with Gasteiger partial charge < -0.3 is 11.1 Å². The minimum atomic E-state index is 0.200. The molecule has 0 heterocycles. The second kappa shape index (κ2) is 4.12. The molecule has 1 rings (SSSR count). The van der Waals surface area contributed by atoms with E-state index in [9.17, 15) is 0 Å². The quantitative estimate of drug-likeness (QED) is 0.714. The van der Waals surface area contributed by atoms with Crippen molar-refractivity contribution in [3.8, 4) is 0 Å². The van der Waals surface area contributed by atoms with Crippen molar-refractivity contribution in [2.45, 2.75) is 19.9 Å². The van der Waals surface area contributed by atoms with Gasteiger partial charge in [0.25, 0.3) is 0 Å². The van der Waals surface area contributed by atoms with E-state index < -0.39 is 0 Å². The Bertz CT molecular complexity index is 226. The lowest BCUT2D eigenvalue weighted by Gasteiger charge is -2.08. The highest BCUT2D eigenvalue weighted by molar-refractivity contribution is 5.44. The molecule has 0 aliphatic carbocycles. The van der Waals surface area contributed by atoms with Crippen molar-refractivity contribution in [3.05, 3.63) is 29.8 Å². The third kappa shape index (κ3) is 2.93. The molecule has 0 fully saturated rings. The summed E-state index contributed by atoms with van der Waals surface area (Å²) in [4.78, 5) is 0. The maximum Gasteiger partial charge on any atom is 0.0340 e. The molecule has 0 radical (unpaired) electrons. The molecule has 0 saturated heterocycles. The Balaban J connectivity index is 2.48. The Morgan fingerprint density at radius 1 is 1.33 bits per heavy atom. The highest BCUT2D eigenvalue weighted by atomic mass is 14.9. The van der Waals surface area contributed by atoms with Gasteiger partial charge in [-0.25, -0.2) is 0 Å². The van der Waals surface area contributed by atoms with Gasteiger partial charge in [-0.1, -0.05) is 17.7 Å². The van der Waals surface area contributed by atoms with Crippen LogP contribution in [0.25, 0.3) is 0 Å². The number of hydrogen-bond donors (Lipinski definition) is 2. The Labute approximate surface area is 73.8 Å². The van der Waals surface area contributed by atoms with E-state index in [-0.39, 0.29) is 6.04 Å². The molecule has 3 N–H and O–H groups in total. The van der Waals surface area contributed by atoms with E-state index in [0.717, 1.165) is 12.2 Å². The van der Waals surface area contributed by atoms with Crippen molar-refractivity contribution in [3.63, 3.8) is 0 Å². The van der Waals surface area contributed by atoms with Crippen molar-refractivity contribution in [2.24, 2.45) is 5.73 Å². The normalized spacial score (nSPS) is 12.6. The summed E-state index contributed by atoms with van der Waals surface area (Å²) in [6.45, 7) is 4.89. The molecule has 0 spiro atoms. The van der Waals surface area contributed by atoms with Gasteiger partial charge in [0.05, 0.1) is 0 Å². The topological polar surface area (TPSA) is 38.0 Å². The van der Waals surface area contributed by atoms with Crippen LogP contribution in [0.4, 0.5) is 5.69 Å². The van der Waals surface area contributed by atoms with E-state index in [1.54, 1.807) is 0 Å².